The van der Waals surface area contributed by atoms with Crippen LogP contribution in [-0.4, -0.2) is 15.0 Å². The molecule has 1 aromatic heterocycles. The Kier molecular flexibility index (Phi) is 3.71. The molecule has 1 atom stereocenters. The number of allylic oxidation sites excluding steroid dienone is 1. The van der Waals surface area contributed by atoms with E-state index < -0.39 is 0 Å². The van der Waals surface area contributed by atoms with Gasteiger partial charge >= 0.3 is 0 Å². The molecule has 0 saturated carbocycles. The minimum atomic E-state index is -0.122. The van der Waals surface area contributed by atoms with E-state index in [2.05, 4.69) is 90.0 Å². The van der Waals surface area contributed by atoms with Crippen LogP contribution in [0, 0.1) is 6.92 Å². The predicted octanol–water partition coefficient (Wildman–Crippen LogP) is 5.92. The Labute approximate surface area is 174 Å². The summed E-state index contributed by atoms with van der Waals surface area (Å²) < 4.78 is 8.40. The molecule has 1 aliphatic heterocycles. The second-order valence-corrected chi connectivity index (χ2v) is 7.67. The Balaban J connectivity index is 1.63. The van der Waals surface area contributed by atoms with Crippen molar-refractivity contribution in [2.24, 2.45) is 0 Å². The van der Waals surface area contributed by atoms with Crippen LogP contribution < -0.4 is 4.74 Å². The van der Waals surface area contributed by atoms with Crippen molar-refractivity contribution in [3.8, 4) is 5.75 Å². The standard InChI is InChI=1S/C26H19N3O/c1-17-10-12-19(13-11-17)25-16-23(29-22-9-5-4-8-21(22)27-28-29)26-20-7-3-2-6-18(20)14-15-24(26)30-25/h2-16,23H,1H3. The highest BCUT2D eigenvalue weighted by Gasteiger charge is 2.28. The lowest BCUT2D eigenvalue weighted by Gasteiger charge is -2.27. The molecule has 0 saturated heterocycles. The topological polar surface area (TPSA) is 39.9 Å². The van der Waals surface area contributed by atoms with E-state index in [0.717, 1.165) is 33.7 Å². The molecule has 1 unspecified atom stereocenters. The monoisotopic (exact) mass is 389 g/mol. The number of hydrogen-bond donors (Lipinski definition) is 0. The summed E-state index contributed by atoms with van der Waals surface area (Å²) in [6, 6.07) is 28.9. The van der Waals surface area contributed by atoms with E-state index in [1.165, 1.54) is 16.3 Å². The molecular formula is C26H19N3O. The number of aromatic nitrogens is 3. The molecule has 5 aromatic rings. The molecule has 0 spiro atoms. The third-order valence-corrected chi connectivity index (χ3v) is 5.73. The average molecular weight is 389 g/mol. The second kappa shape index (κ2) is 6.56. The van der Waals surface area contributed by atoms with Crippen molar-refractivity contribution in [1.29, 1.82) is 0 Å². The van der Waals surface area contributed by atoms with Crippen molar-refractivity contribution >= 4 is 27.6 Å². The summed E-state index contributed by atoms with van der Waals surface area (Å²) in [5.74, 6) is 1.69. The number of hydrogen-bond acceptors (Lipinski definition) is 3. The van der Waals surface area contributed by atoms with Crippen LogP contribution in [0.15, 0.2) is 91.0 Å². The maximum atomic E-state index is 6.41. The average Bonchev–Trinajstić information content (AvgIpc) is 3.23. The van der Waals surface area contributed by atoms with Gasteiger partial charge in [-0.25, -0.2) is 4.68 Å². The highest BCUT2D eigenvalue weighted by Crippen LogP contribution is 2.42. The fraction of sp³-hybridized carbons (Fsp3) is 0.0769. The highest BCUT2D eigenvalue weighted by molar-refractivity contribution is 5.90. The lowest BCUT2D eigenvalue weighted by Crippen LogP contribution is -2.17. The molecule has 0 N–H and O–H groups in total. The summed E-state index contributed by atoms with van der Waals surface area (Å²) in [6.45, 7) is 2.09. The van der Waals surface area contributed by atoms with Crippen molar-refractivity contribution in [2.45, 2.75) is 13.0 Å². The number of nitrogens with zero attached hydrogens (tertiary/aromatic N) is 3. The van der Waals surface area contributed by atoms with Crippen LogP contribution in [0.1, 0.15) is 22.7 Å². The third-order valence-electron chi connectivity index (χ3n) is 5.73. The lowest BCUT2D eigenvalue weighted by atomic mass is 9.94. The molecule has 0 radical (unpaired) electrons. The number of fused-ring (bicyclic) bond motifs is 4. The molecule has 4 aromatic carbocycles. The zero-order valence-electron chi connectivity index (χ0n) is 16.5. The Morgan fingerprint density at radius 3 is 2.53 bits per heavy atom. The first kappa shape index (κ1) is 17.0. The van der Waals surface area contributed by atoms with E-state index in [-0.39, 0.29) is 6.04 Å². The van der Waals surface area contributed by atoms with E-state index in [4.69, 9.17) is 4.74 Å². The third kappa shape index (κ3) is 2.61. The fourth-order valence-corrected chi connectivity index (χ4v) is 4.21. The second-order valence-electron chi connectivity index (χ2n) is 7.67. The Morgan fingerprint density at radius 1 is 0.833 bits per heavy atom. The highest BCUT2D eigenvalue weighted by atomic mass is 16.5. The number of para-hydroxylation sites is 1. The molecule has 30 heavy (non-hydrogen) atoms. The van der Waals surface area contributed by atoms with Gasteiger partial charge in [0.05, 0.1) is 5.52 Å². The Morgan fingerprint density at radius 2 is 1.63 bits per heavy atom. The summed E-state index contributed by atoms with van der Waals surface area (Å²) in [7, 11) is 0. The van der Waals surface area contributed by atoms with E-state index >= 15 is 0 Å². The van der Waals surface area contributed by atoms with Gasteiger partial charge in [0, 0.05) is 11.1 Å². The zero-order valence-corrected chi connectivity index (χ0v) is 16.5. The minimum Gasteiger partial charge on any atom is -0.457 e. The first-order chi connectivity index (χ1) is 14.8. The first-order valence-corrected chi connectivity index (χ1v) is 10.1. The number of rotatable bonds is 2. The molecule has 0 aliphatic carbocycles. The number of aryl methyl sites for hydroxylation is 1. The molecule has 144 valence electrons. The number of benzene rings is 4. The van der Waals surface area contributed by atoms with Crippen molar-refractivity contribution < 1.29 is 4.74 Å². The molecule has 4 nitrogen and oxygen atoms in total. The van der Waals surface area contributed by atoms with Crippen LogP contribution >= 0.6 is 0 Å². The summed E-state index contributed by atoms with van der Waals surface area (Å²) in [4.78, 5) is 0. The molecule has 0 bridgehead atoms. The van der Waals surface area contributed by atoms with Gasteiger partial charge in [0.1, 0.15) is 23.1 Å². The summed E-state index contributed by atoms with van der Waals surface area (Å²) in [5.41, 5.74) is 5.27. The molecule has 4 heteroatoms. The first-order valence-electron chi connectivity index (χ1n) is 10.1. The largest absolute Gasteiger partial charge is 0.457 e. The lowest BCUT2D eigenvalue weighted by molar-refractivity contribution is 0.468. The van der Waals surface area contributed by atoms with Crippen molar-refractivity contribution in [1.82, 2.24) is 15.0 Å². The number of ether oxygens (including phenoxy) is 1. The van der Waals surface area contributed by atoms with E-state index in [9.17, 15) is 0 Å². The van der Waals surface area contributed by atoms with Crippen LogP contribution in [-0.2, 0) is 0 Å². The summed E-state index contributed by atoms with van der Waals surface area (Å²) >= 11 is 0. The van der Waals surface area contributed by atoms with Crippen LogP contribution in [0.5, 0.6) is 5.75 Å². The predicted molar refractivity (Wildman–Crippen MR) is 119 cm³/mol. The smallest absolute Gasteiger partial charge is 0.133 e. The Hall–Kier alpha value is -3.92. The van der Waals surface area contributed by atoms with Gasteiger partial charge in [0.2, 0.25) is 0 Å². The fourth-order valence-electron chi connectivity index (χ4n) is 4.21. The van der Waals surface area contributed by atoms with Gasteiger partial charge in [-0.2, -0.15) is 0 Å². The van der Waals surface area contributed by atoms with Gasteiger partial charge in [-0.05, 0) is 42.0 Å². The van der Waals surface area contributed by atoms with Gasteiger partial charge in [-0.1, -0.05) is 77.5 Å². The molecular weight excluding hydrogens is 370 g/mol. The van der Waals surface area contributed by atoms with Gasteiger partial charge in [0.15, 0.2) is 0 Å². The molecule has 6 rings (SSSR count). The van der Waals surface area contributed by atoms with Crippen molar-refractivity contribution in [2.75, 3.05) is 0 Å². The SMILES string of the molecule is Cc1ccc(C2=CC(n3nnc4ccccc43)c3c(ccc4ccccc34)O2)cc1. The van der Waals surface area contributed by atoms with Gasteiger partial charge < -0.3 is 4.74 Å². The van der Waals surface area contributed by atoms with E-state index in [1.54, 1.807) is 0 Å². The van der Waals surface area contributed by atoms with Gasteiger partial charge in [-0.15, -0.1) is 5.10 Å². The maximum Gasteiger partial charge on any atom is 0.133 e. The zero-order chi connectivity index (χ0) is 20.1. The molecule has 2 heterocycles. The van der Waals surface area contributed by atoms with E-state index in [0.29, 0.717) is 0 Å². The maximum absolute atomic E-state index is 6.41. The summed E-state index contributed by atoms with van der Waals surface area (Å²) in [5, 5.41) is 11.3. The molecule has 1 aliphatic rings. The molecule has 0 fully saturated rings. The normalized spacial score (nSPS) is 15.6. The van der Waals surface area contributed by atoms with E-state index in [1.807, 2.05) is 22.9 Å². The van der Waals surface area contributed by atoms with Gasteiger partial charge in [-0.3, -0.25) is 0 Å². The van der Waals surface area contributed by atoms with Crippen molar-refractivity contribution in [3.63, 3.8) is 0 Å². The van der Waals surface area contributed by atoms with Crippen LogP contribution in [0.4, 0.5) is 0 Å². The van der Waals surface area contributed by atoms with Crippen LogP contribution in [0.2, 0.25) is 0 Å². The van der Waals surface area contributed by atoms with Crippen LogP contribution in [0.25, 0.3) is 27.6 Å². The Bertz CT molecular complexity index is 1430. The summed E-state index contributed by atoms with van der Waals surface area (Å²) in [6.07, 6.45) is 2.15. The van der Waals surface area contributed by atoms with Crippen LogP contribution in [0.3, 0.4) is 0 Å². The molecule has 0 amide bonds. The van der Waals surface area contributed by atoms with Gasteiger partial charge in [0.25, 0.3) is 0 Å². The van der Waals surface area contributed by atoms with Crippen molar-refractivity contribution in [3.05, 3.63) is 108 Å². The quantitative estimate of drug-likeness (QED) is 0.376. The minimum absolute atomic E-state index is 0.122.